The standard InChI is InChI=1S/C13H12N2O3/c1-18-10-5-2-4-9(8-10)14-12-7-3-6-11(15-12)13(16)17/h2-8H,1H3,(H,14,15)(H,16,17). The van der Waals surface area contributed by atoms with E-state index in [0.717, 1.165) is 11.4 Å². The third-order valence-corrected chi connectivity index (χ3v) is 2.31. The minimum absolute atomic E-state index is 0.00268. The van der Waals surface area contributed by atoms with Gasteiger partial charge in [0.05, 0.1) is 7.11 Å². The van der Waals surface area contributed by atoms with Crippen LogP contribution < -0.4 is 10.1 Å². The lowest BCUT2D eigenvalue weighted by atomic mass is 10.3. The first kappa shape index (κ1) is 11.9. The maximum absolute atomic E-state index is 10.8. The lowest BCUT2D eigenvalue weighted by molar-refractivity contribution is 0.0690. The Labute approximate surface area is 104 Å². The highest BCUT2D eigenvalue weighted by Gasteiger charge is 2.05. The molecule has 0 fully saturated rings. The van der Waals surface area contributed by atoms with Crippen molar-refractivity contribution in [3.8, 4) is 5.75 Å². The number of rotatable bonds is 4. The molecule has 1 aromatic carbocycles. The molecule has 0 saturated heterocycles. The van der Waals surface area contributed by atoms with E-state index in [-0.39, 0.29) is 5.69 Å². The minimum Gasteiger partial charge on any atom is -0.497 e. The number of hydrogen-bond donors (Lipinski definition) is 2. The molecule has 92 valence electrons. The molecule has 2 rings (SSSR count). The van der Waals surface area contributed by atoms with Crippen LogP contribution >= 0.6 is 0 Å². The van der Waals surface area contributed by atoms with Crippen LogP contribution in [0.25, 0.3) is 0 Å². The van der Waals surface area contributed by atoms with Crippen LogP contribution in [0, 0.1) is 0 Å². The molecule has 2 aromatic rings. The minimum atomic E-state index is -1.05. The van der Waals surface area contributed by atoms with Crippen LogP contribution in [-0.2, 0) is 0 Å². The summed E-state index contributed by atoms with van der Waals surface area (Å²) in [4.78, 5) is 14.8. The summed E-state index contributed by atoms with van der Waals surface area (Å²) >= 11 is 0. The average molecular weight is 244 g/mol. The molecule has 0 spiro atoms. The Morgan fingerprint density at radius 2 is 2.06 bits per heavy atom. The number of aromatic carboxylic acids is 1. The van der Waals surface area contributed by atoms with Gasteiger partial charge in [0.25, 0.3) is 0 Å². The van der Waals surface area contributed by atoms with Gasteiger partial charge >= 0.3 is 5.97 Å². The van der Waals surface area contributed by atoms with Gasteiger partial charge in [-0.1, -0.05) is 12.1 Å². The fourth-order valence-electron chi connectivity index (χ4n) is 1.47. The lowest BCUT2D eigenvalue weighted by Crippen LogP contribution is -2.02. The van der Waals surface area contributed by atoms with Crippen LogP contribution in [0.5, 0.6) is 5.75 Å². The van der Waals surface area contributed by atoms with Crippen molar-refractivity contribution >= 4 is 17.5 Å². The SMILES string of the molecule is COc1cccc(Nc2cccc(C(=O)O)n2)c1. The van der Waals surface area contributed by atoms with Crippen LogP contribution in [0.4, 0.5) is 11.5 Å². The topological polar surface area (TPSA) is 71.5 Å². The lowest BCUT2D eigenvalue weighted by Gasteiger charge is -2.07. The van der Waals surface area contributed by atoms with Crippen molar-refractivity contribution in [2.75, 3.05) is 12.4 Å². The second-order valence-electron chi connectivity index (χ2n) is 3.57. The van der Waals surface area contributed by atoms with Gasteiger partial charge < -0.3 is 15.2 Å². The Morgan fingerprint density at radius 3 is 2.78 bits per heavy atom. The summed E-state index contributed by atoms with van der Waals surface area (Å²) in [5.41, 5.74) is 0.785. The molecule has 0 atom stereocenters. The molecule has 5 nitrogen and oxygen atoms in total. The molecule has 1 aromatic heterocycles. The molecule has 18 heavy (non-hydrogen) atoms. The summed E-state index contributed by atoms with van der Waals surface area (Å²) in [6, 6.07) is 12.1. The van der Waals surface area contributed by atoms with Gasteiger partial charge in [0.2, 0.25) is 0 Å². The van der Waals surface area contributed by atoms with Gasteiger partial charge in [-0.3, -0.25) is 0 Å². The second kappa shape index (κ2) is 5.18. The summed E-state index contributed by atoms with van der Waals surface area (Å²) in [5.74, 6) is 0.141. The van der Waals surface area contributed by atoms with E-state index in [0.29, 0.717) is 5.82 Å². The first-order valence-electron chi connectivity index (χ1n) is 5.30. The summed E-state index contributed by atoms with van der Waals surface area (Å²) in [5, 5.41) is 11.9. The van der Waals surface area contributed by atoms with E-state index in [1.54, 1.807) is 25.3 Å². The third-order valence-electron chi connectivity index (χ3n) is 2.31. The van der Waals surface area contributed by atoms with Gasteiger partial charge in [0, 0.05) is 11.8 Å². The Hall–Kier alpha value is -2.56. The second-order valence-corrected chi connectivity index (χ2v) is 3.57. The fraction of sp³-hybridized carbons (Fsp3) is 0.0769. The van der Waals surface area contributed by atoms with Gasteiger partial charge in [-0.05, 0) is 24.3 Å². The molecular formula is C13H12N2O3. The van der Waals surface area contributed by atoms with Crippen molar-refractivity contribution in [3.05, 3.63) is 48.2 Å². The Balaban J connectivity index is 2.22. The number of hydrogen-bond acceptors (Lipinski definition) is 4. The van der Waals surface area contributed by atoms with E-state index in [9.17, 15) is 4.79 Å². The van der Waals surface area contributed by atoms with E-state index < -0.39 is 5.97 Å². The van der Waals surface area contributed by atoms with E-state index in [1.807, 2.05) is 18.2 Å². The number of benzene rings is 1. The number of ether oxygens (including phenoxy) is 1. The van der Waals surface area contributed by atoms with Crippen LogP contribution in [-0.4, -0.2) is 23.2 Å². The Morgan fingerprint density at radius 1 is 1.28 bits per heavy atom. The van der Waals surface area contributed by atoms with Gasteiger partial charge in [-0.2, -0.15) is 0 Å². The summed E-state index contributed by atoms with van der Waals surface area (Å²) in [7, 11) is 1.59. The number of carboxylic acid groups (broad SMARTS) is 1. The highest BCUT2D eigenvalue weighted by molar-refractivity contribution is 5.85. The number of carboxylic acids is 1. The van der Waals surface area contributed by atoms with Crippen molar-refractivity contribution < 1.29 is 14.6 Å². The molecule has 2 N–H and O–H groups in total. The number of anilines is 2. The maximum Gasteiger partial charge on any atom is 0.354 e. The summed E-state index contributed by atoms with van der Waals surface area (Å²) in [6.07, 6.45) is 0. The maximum atomic E-state index is 10.8. The Bertz CT molecular complexity index is 570. The van der Waals surface area contributed by atoms with Gasteiger partial charge in [-0.25, -0.2) is 9.78 Å². The molecular weight excluding hydrogens is 232 g/mol. The molecule has 1 heterocycles. The zero-order chi connectivity index (χ0) is 13.0. The fourth-order valence-corrected chi connectivity index (χ4v) is 1.47. The highest BCUT2D eigenvalue weighted by Crippen LogP contribution is 2.20. The van der Waals surface area contributed by atoms with Crippen molar-refractivity contribution in [3.63, 3.8) is 0 Å². The normalized spacial score (nSPS) is 9.83. The molecule has 0 aliphatic heterocycles. The van der Waals surface area contributed by atoms with E-state index in [4.69, 9.17) is 9.84 Å². The first-order valence-corrected chi connectivity index (χ1v) is 5.30. The average Bonchev–Trinajstić information content (AvgIpc) is 2.39. The number of carbonyl (C=O) groups is 1. The van der Waals surface area contributed by atoms with Crippen molar-refractivity contribution in [1.82, 2.24) is 4.98 Å². The smallest absolute Gasteiger partial charge is 0.354 e. The molecule has 0 aliphatic carbocycles. The quantitative estimate of drug-likeness (QED) is 0.864. The van der Waals surface area contributed by atoms with Gasteiger partial charge in [-0.15, -0.1) is 0 Å². The van der Waals surface area contributed by atoms with E-state index in [2.05, 4.69) is 10.3 Å². The number of methoxy groups -OCH3 is 1. The van der Waals surface area contributed by atoms with Crippen molar-refractivity contribution in [1.29, 1.82) is 0 Å². The molecule has 0 aliphatic rings. The Kier molecular flexibility index (Phi) is 3.43. The summed E-state index contributed by atoms with van der Waals surface area (Å²) < 4.78 is 5.10. The molecule has 0 saturated carbocycles. The number of pyridine rings is 1. The predicted octanol–water partition coefficient (Wildman–Crippen LogP) is 2.53. The van der Waals surface area contributed by atoms with Crippen molar-refractivity contribution in [2.24, 2.45) is 0 Å². The van der Waals surface area contributed by atoms with Gasteiger partial charge in [0.1, 0.15) is 11.6 Å². The predicted molar refractivity (Wildman–Crippen MR) is 67.5 cm³/mol. The zero-order valence-corrected chi connectivity index (χ0v) is 9.75. The van der Waals surface area contributed by atoms with E-state index >= 15 is 0 Å². The molecule has 0 bridgehead atoms. The largest absolute Gasteiger partial charge is 0.497 e. The van der Waals surface area contributed by atoms with Gasteiger partial charge in [0.15, 0.2) is 5.69 Å². The van der Waals surface area contributed by atoms with Crippen LogP contribution in [0.1, 0.15) is 10.5 Å². The zero-order valence-electron chi connectivity index (χ0n) is 9.75. The molecule has 0 unspecified atom stereocenters. The third kappa shape index (κ3) is 2.76. The van der Waals surface area contributed by atoms with Crippen LogP contribution in [0.15, 0.2) is 42.5 Å². The summed E-state index contributed by atoms with van der Waals surface area (Å²) in [6.45, 7) is 0. The number of aromatic nitrogens is 1. The first-order chi connectivity index (χ1) is 8.69. The molecule has 0 radical (unpaired) electrons. The van der Waals surface area contributed by atoms with E-state index in [1.165, 1.54) is 6.07 Å². The molecule has 5 heteroatoms. The van der Waals surface area contributed by atoms with Crippen LogP contribution in [0.2, 0.25) is 0 Å². The number of nitrogens with one attached hydrogen (secondary N) is 1. The van der Waals surface area contributed by atoms with Crippen molar-refractivity contribution in [2.45, 2.75) is 0 Å². The van der Waals surface area contributed by atoms with Crippen LogP contribution in [0.3, 0.4) is 0 Å². The monoisotopic (exact) mass is 244 g/mol. The number of nitrogens with zero attached hydrogens (tertiary/aromatic N) is 1. The highest BCUT2D eigenvalue weighted by atomic mass is 16.5. The molecule has 0 amide bonds.